The number of benzene rings is 1. The predicted octanol–water partition coefficient (Wildman–Crippen LogP) is -1.85. The summed E-state index contributed by atoms with van der Waals surface area (Å²) in [5, 5.41) is 38.3. The normalized spacial score (nSPS) is 18.2. The Labute approximate surface area is 190 Å². The summed E-state index contributed by atoms with van der Waals surface area (Å²) in [7, 11) is 0. The molecule has 0 bridgehead atoms. The molecule has 1 saturated heterocycles. The van der Waals surface area contributed by atoms with Gasteiger partial charge in [-0.15, -0.1) is 0 Å². The number of aliphatic carboxylic acids is 1. The largest absolute Gasteiger partial charge is 0.508 e. The second kappa shape index (κ2) is 12.3. The van der Waals surface area contributed by atoms with Crippen molar-refractivity contribution in [3.05, 3.63) is 29.8 Å². The fraction of sp³-hybridized carbons (Fsp3) is 0.500. The van der Waals surface area contributed by atoms with Crippen LogP contribution in [0.15, 0.2) is 24.3 Å². The smallest absolute Gasteiger partial charge is 0.327 e. The van der Waals surface area contributed by atoms with Crippen molar-refractivity contribution in [2.45, 2.75) is 43.4 Å². The number of carboxylic acids is 1. The van der Waals surface area contributed by atoms with Gasteiger partial charge in [-0.1, -0.05) is 12.1 Å². The van der Waals surface area contributed by atoms with Crippen LogP contribution in [0, 0.1) is 0 Å². The molecule has 0 spiro atoms. The van der Waals surface area contributed by atoms with E-state index in [1.807, 2.05) is 0 Å². The highest BCUT2D eigenvalue weighted by Gasteiger charge is 2.31. The van der Waals surface area contributed by atoms with Gasteiger partial charge in [-0.2, -0.15) is 12.6 Å². The van der Waals surface area contributed by atoms with Crippen LogP contribution in [-0.2, 0) is 25.6 Å². The number of thiol groups is 1. The summed E-state index contributed by atoms with van der Waals surface area (Å²) < 4.78 is 0. The van der Waals surface area contributed by atoms with Gasteiger partial charge in [-0.05, 0) is 37.1 Å². The highest BCUT2D eigenvalue weighted by molar-refractivity contribution is 7.80. The highest BCUT2D eigenvalue weighted by atomic mass is 32.1. The van der Waals surface area contributed by atoms with Crippen molar-refractivity contribution >= 4 is 36.3 Å². The minimum Gasteiger partial charge on any atom is -0.508 e. The summed E-state index contributed by atoms with van der Waals surface area (Å²) in [6.07, 6.45) is 1.52. The molecular formula is C20H28N4O7S. The molecule has 4 unspecified atom stereocenters. The van der Waals surface area contributed by atoms with Crippen LogP contribution in [0.4, 0.5) is 0 Å². The van der Waals surface area contributed by atoms with Crippen LogP contribution in [0.5, 0.6) is 5.75 Å². The lowest BCUT2D eigenvalue weighted by atomic mass is 10.0. The Morgan fingerprint density at radius 1 is 1.03 bits per heavy atom. The van der Waals surface area contributed by atoms with Crippen LogP contribution in [-0.4, -0.2) is 82.1 Å². The van der Waals surface area contributed by atoms with E-state index in [0.29, 0.717) is 18.5 Å². The Bertz CT molecular complexity index is 815. The van der Waals surface area contributed by atoms with E-state index < -0.39 is 48.6 Å². The van der Waals surface area contributed by atoms with Gasteiger partial charge < -0.3 is 36.6 Å². The third-order valence-corrected chi connectivity index (χ3v) is 5.36. The Balaban J connectivity index is 2.11. The maximum absolute atomic E-state index is 12.9. The van der Waals surface area contributed by atoms with Crippen molar-refractivity contribution in [3.63, 3.8) is 0 Å². The second-order valence-corrected chi connectivity index (χ2v) is 7.77. The van der Waals surface area contributed by atoms with Crippen LogP contribution in [0.3, 0.4) is 0 Å². The number of nitrogens with one attached hydrogen (secondary N) is 4. The fourth-order valence-electron chi connectivity index (χ4n) is 3.18. The number of hydrogen-bond acceptors (Lipinski definition) is 8. The van der Waals surface area contributed by atoms with E-state index >= 15 is 0 Å². The molecule has 176 valence electrons. The van der Waals surface area contributed by atoms with E-state index in [1.54, 1.807) is 12.1 Å². The highest BCUT2D eigenvalue weighted by Crippen LogP contribution is 2.12. The van der Waals surface area contributed by atoms with Crippen LogP contribution < -0.4 is 21.3 Å². The molecule has 1 heterocycles. The number of aromatic hydroxyl groups is 1. The first kappa shape index (κ1) is 25.4. The Morgan fingerprint density at radius 2 is 1.66 bits per heavy atom. The molecule has 4 atom stereocenters. The molecular weight excluding hydrogens is 440 g/mol. The lowest BCUT2D eigenvalue weighted by molar-refractivity contribution is -0.142. The number of carbonyl (C=O) groups is 4. The Hall–Kier alpha value is -2.83. The maximum Gasteiger partial charge on any atom is 0.327 e. The quantitative estimate of drug-likeness (QED) is 0.174. The molecule has 2 rings (SSSR count). The van der Waals surface area contributed by atoms with E-state index in [9.17, 15) is 29.4 Å². The topological polar surface area (TPSA) is 177 Å². The fourth-order valence-corrected chi connectivity index (χ4v) is 3.43. The number of carbonyl (C=O) groups excluding carboxylic acids is 3. The monoisotopic (exact) mass is 468 g/mol. The molecule has 1 aromatic rings. The molecule has 12 heteroatoms. The van der Waals surface area contributed by atoms with Gasteiger partial charge in [0.25, 0.3) is 0 Å². The first-order valence-electron chi connectivity index (χ1n) is 10.1. The van der Waals surface area contributed by atoms with Crippen LogP contribution in [0.1, 0.15) is 18.4 Å². The lowest BCUT2D eigenvalue weighted by Crippen LogP contribution is -2.58. The zero-order valence-corrected chi connectivity index (χ0v) is 18.2. The molecule has 0 saturated carbocycles. The van der Waals surface area contributed by atoms with Crippen molar-refractivity contribution in [1.82, 2.24) is 21.3 Å². The van der Waals surface area contributed by atoms with Gasteiger partial charge in [0.1, 0.15) is 23.9 Å². The molecule has 0 aromatic heterocycles. The van der Waals surface area contributed by atoms with E-state index in [2.05, 4.69) is 33.9 Å². The molecule has 1 aliphatic heterocycles. The third-order valence-electron chi connectivity index (χ3n) is 5.00. The molecule has 32 heavy (non-hydrogen) atoms. The number of phenols is 1. The molecule has 1 fully saturated rings. The van der Waals surface area contributed by atoms with Gasteiger partial charge in [0.05, 0.1) is 12.6 Å². The van der Waals surface area contributed by atoms with Crippen molar-refractivity contribution in [2.75, 3.05) is 18.9 Å². The average molecular weight is 469 g/mol. The molecule has 0 aliphatic carbocycles. The van der Waals surface area contributed by atoms with Gasteiger partial charge >= 0.3 is 5.97 Å². The van der Waals surface area contributed by atoms with E-state index in [1.165, 1.54) is 12.1 Å². The average Bonchev–Trinajstić information content (AvgIpc) is 3.31. The minimum absolute atomic E-state index is 0.0446. The summed E-state index contributed by atoms with van der Waals surface area (Å²) in [5.41, 5.74) is 0.647. The minimum atomic E-state index is -1.42. The van der Waals surface area contributed by atoms with E-state index in [0.717, 1.165) is 6.42 Å². The van der Waals surface area contributed by atoms with E-state index in [4.69, 9.17) is 5.11 Å². The standard InChI is InChI=1S/C20H28N4O7S/c25-9-15(19(29)24-16(10-32)20(30)31)23-18(28)14(8-11-3-5-12(26)6-4-11)22-17(27)13-2-1-7-21-13/h3-6,13-16,21,25-26,32H,1-2,7-10H2,(H,22,27)(H,23,28)(H,24,29)(H,30,31). The maximum atomic E-state index is 12.9. The molecule has 0 radical (unpaired) electrons. The van der Waals surface area contributed by atoms with Crippen molar-refractivity contribution in [3.8, 4) is 5.75 Å². The molecule has 3 amide bonds. The van der Waals surface area contributed by atoms with Crippen molar-refractivity contribution in [2.24, 2.45) is 0 Å². The Morgan fingerprint density at radius 3 is 2.19 bits per heavy atom. The number of carboxylic acid groups (broad SMARTS) is 1. The van der Waals surface area contributed by atoms with Crippen LogP contribution in [0.2, 0.25) is 0 Å². The third kappa shape index (κ3) is 7.39. The van der Waals surface area contributed by atoms with Crippen molar-refractivity contribution < 1.29 is 34.5 Å². The summed E-state index contributed by atoms with van der Waals surface area (Å²) in [5.74, 6) is -3.43. The number of aliphatic hydroxyl groups is 1. The predicted molar refractivity (Wildman–Crippen MR) is 117 cm³/mol. The molecule has 7 N–H and O–H groups in total. The van der Waals surface area contributed by atoms with Gasteiger partial charge in [0, 0.05) is 12.2 Å². The van der Waals surface area contributed by atoms with Crippen LogP contribution in [0.25, 0.3) is 0 Å². The lowest BCUT2D eigenvalue weighted by Gasteiger charge is -2.24. The van der Waals surface area contributed by atoms with Gasteiger partial charge in [0.15, 0.2) is 0 Å². The molecule has 1 aromatic carbocycles. The van der Waals surface area contributed by atoms with Gasteiger partial charge in [-0.25, -0.2) is 4.79 Å². The van der Waals surface area contributed by atoms with Gasteiger partial charge in [0.2, 0.25) is 17.7 Å². The second-order valence-electron chi connectivity index (χ2n) is 7.41. The number of aliphatic hydroxyl groups excluding tert-OH is 1. The first-order chi connectivity index (χ1) is 15.2. The molecule has 1 aliphatic rings. The zero-order chi connectivity index (χ0) is 23.7. The van der Waals surface area contributed by atoms with Gasteiger partial charge in [-0.3, -0.25) is 14.4 Å². The number of amides is 3. The zero-order valence-electron chi connectivity index (χ0n) is 17.3. The summed E-state index contributed by atoms with van der Waals surface area (Å²) in [4.78, 5) is 48.9. The van der Waals surface area contributed by atoms with Crippen LogP contribution >= 0.6 is 12.6 Å². The number of phenolic OH excluding ortho intramolecular Hbond substituents is 1. The summed E-state index contributed by atoms with van der Waals surface area (Å²) in [6, 6.07) is 1.85. The number of rotatable bonds is 11. The molecule has 11 nitrogen and oxygen atoms in total. The Kier molecular flexibility index (Phi) is 9.75. The van der Waals surface area contributed by atoms with E-state index in [-0.39, 0.29) is 23.8 Å². The first-order valence-corrected chi connectivity index (χ1v) is 10.7. The summed E-state index contributed by atoms with van der Waals surface area (Å²) in [6.45, 7) is -0.0872. The summed E-state index contributed by atoms with van der Waals surface area (Å²) >= 11 is 3.86. The van der Waals surface area contributed by atoms with Crippen molar-refractivity contribution in [1.29, 1.82) is 0 Å². The number of hydrogen-bond donors (Lipinski definition) is 8. The SMILES string of the molecule is O=C(O)C(CS)NC(=O)C(CO)NC(=O)C(Cc1ccc(O)cc1)NC(=O)C1CCCN1.